The first-order valence-corrected chi connectivity index (χ1v) is 3.54. The molecule has 0 unspecified atom stereocenters. The molecule has 13 heavy (non-hydrogen) atoms. The largest absolute Gasteiger partial charge is 0.616 e. The first-order chi connectivity index (χ1) is 6.24. The molecule has 1 heterocycles. The molecule has 0 fully saturated rings. The van der Waals surface area contributed by atoms with Crippen molar-refractivity contribution in [3.63, 3.8) is 0 Å². The van der Waals surface area contributed by atoms with Gasteiger partial charge in [0.2, 0.25) is 0 Å². The maximum absolute atomic E-state index is 11.1. The molecule has 71 valence electrons. The van der Waals surface area contributed by atoms with E-state index in [-0.39, 0.29) is 11.6 Å². The van der Waals surface area contributed by atoms with Crippen molar-refractivity contribution >= 4 is 0 Å². The van der Waals surface area contributed by atoms with Crippen molar-refractivity contribution in [2.45, 2.75) is 0 Å². The third-order valence-corrected chi connectivity index (χ3v) is 1.52. The summed E-state index contributed by atoms with van der Waals surface area (Å²) in [7, 11) is 4.27. The maximum atomic E-state index is 11.1. The van der Waals surface area contributed by atoms with E-state index in [1.54, 1.807) is 0 Å². The van der Waals surface area contributed by atoms with Crippen molar-refractivity contribution in [3.05, 3.63) is 17.5 Å². The van der Waals surface area contributed by atoms with Crippen LogP contribution in [0.1, 0.15) is 0 Å². The summed E-state index contributed by atoms with van der Waals surface area (Å²) in [5, 5.41) is 11.1. The highest BCUT2D eigenvalue weighted by Crippen LogP contribution is 2.32. The lowest BCUT2D eigenvalue weighted by atomic mass is 10.4. The van der Waals surface area contributed by atoms with Gasteiger partial charge in [-0.05, 0) is 0 Å². The minimum absolute atomic E-state index is 0.0538. The molecule has 0 N–H and O–H groups in total. The van der Waals surface area contributed by atoms with Gasteiger partial charge in [0.1, 0.15) is 6.07 Å². The zero-order chi connectivity index (χ0) is 9.84. The van der Waals surface area contributed by atoms with E-state index in [4.69, 9.17) is 14.2 Å². The predicted molar refractivity (Wildman–Crippen MR) is 43.9 cm³/mol. The van der Waals surface area contributed by atoms with Gasteiger partial charge in [0.15, 0.2) is 11.9 Å². The van der Waals surface area contributed by atoms with Gasteiger partial charge in [0, 0.05) is 0 Å². The standard InChI is InChI=1S/C8H10NO4/c1-11-6-4-5-9(10)8(13-3)7(6)12-2/h5H,1-3H3. The number of hydrogen-bond donors (Lipinski definition) is 0. The molecule has 1 aromatic rings. The number of ether oxygens (including phenoxy) is 3. The van der Waals surface area contributed by atoms with Gasteiger partial charge in [-0.2, -0.15) is 0 Å². The third-order valence-electron chi connectivity index (χ3n) is 1.52. The van der Waals surface area contributed by atoms with E-state index in [9.17, 15) is 5.21 Å². The molecule has 5 heteroatoms. The Labute approximate surface area is 76.0 Å². The fourth-order valence-electron chi connectivity index (χ4n) is 0.953. The van der Waals surface area contributed by atoms with E-state index < -0.39 is 0 Å². The summed E-state index contributed by atoms with van der Waals surface area (Å²) in [5.74, 6) is 0.632. The number of rotatable bonds is 3. The monoisotopic (exact) mass is 184 g/mol. The van der Waals surface area contributed by atoms with Crippen LogP contribution >= 0.6 is 0 Å². The van der Waals surface area contributed by atoms with E-state index >= 15 is 0 Å². The smallest absolute Gasteiger partial charge is 0.426 e. The van der Waals surface area contributed by atoms with Crippen molar-refractivity contribution < 1.29 is 18.9 Å². The van der Waals surface area contributed by atoms with Gasteiger partial charge in [0.05, 0.1) is 21.3 Å². The van der Waals surface area contributed by atoms with Gasteiger partial charge < -0.3 is 19.4 Å². The van der Waals surface area contributed by atoms with Gasteiger partial charge in [-0.15, -0.1) is 4.73 Å². The second-order valence-electron chi connectivity index (χ2n) is 2.18. The van der Waals surface area contributed by atoms with Crippen LogP contribution in [0.25, 0.3) is 0 Å². The molecule has 0 saturated heterocycles. The summed E-state index contributed by atoms with van der Waals surface area (Å²) in [6, 6.07) is 2.60. The summed E-state index contributed by atoms with van der Waals surface area (Å²) in [4.78, 5) is 0. The number of aromatic nitrogens is 1. The maximum Gasteiger partial charge on any atom is 0.426 e. The summed E-state index contributed by atoms with van der Waals surface area (Å²) in [6.07, 6.45) is 1.17. The second-order valence-corrected chi connectivity index (χ2v) is 2.18. The first-order valence-electron chi connectivity index (χ1n) is 3.54. The molecule has 0 amide bonds. The molecule has 1 aromatic heterocycles. The van der Waals surface area contributed by atoms with E-state index in [1.165, 1.54) is 27.5 Å². The van der Waals surface area contributed by atoms with Gasteiger partial charge in [-0.1, -0.05) is 0 Å². The van der Waals surface area contributed by atoms with E-state index in [2.05, 4.69) is 6.07 Å². The number of methoxy groups -OCH3 is 3. The lowest BCUT2D eigenvalue weighted by Crippen LogP contribution is -2.28. The molecule has 0 atom stereocenters. The molecular weight excluding hydrogens is 174 g/mol. The van der Waals surface area contributed by atoms with Crippen LogP contribution in [-0.2, 0) is 0 Å². The zero-order valence-corrected chi connectivity index (χ0v) is 7.66. The van der Waals surface area contributed by atoms with Crippen LogP contribution in [0.2, 0.25) is 0 Å². The van der Waals surface area contributed by atoms with E-state index in [1.807, 2.05) is 0 Å². The topological polar surface area (TPSA) is 54.6 Å². The van der Waals surface area contributed by atoms with Crippen molar-refractivity contribution in [2.75, 3.05) is 21.3 Å². The first kappa shape index (κ1) is 9.44. The highest BCUT2D eigenvalue weighted by atomic mass is 16.6. The molecule has 0 bridgehead atoms. The van der Waals surface area contributed by atoms with Crippen LogP contribution in [-0.4, -0.2) is 21.3 Å². The Kier molecular flexibility index (Phi) is 2.79. The van der Waals surface area contributed by atoms with Crippen LogP contribution in [0.3, 0.4) is 0 Å². The Morgan fingerprint density at radius 1 is 1.23 bits per heavy atom. The SMILES string of the molecule is COc1[c]c[n+]([O-])c(OC)c1OC. The molecule has 1 rings (SSSR count). The zero-order valence-electron chi connectivity index (χ0n) is 7.66. The highest BCUT2D eigenvalue weighted by molar-refractivity contribution is 5.43. The van der Waals surface area contributed by atoms with Crippen LogP contribution in [0, 0.1) is 11.3 Å². The Bertz CT molecular complexity index is 300. The molecule has 0 aromatic carbocycles. The number of hydrogen-bond acceptors (Lipinski definition) is 4. The van der Waals surface area contributed by atoms with Crippen molar-refractivity contribution in [3.8, 4) is 17.4 Å². The van der Waals surface area contributed by atoms with E-state index in [0.717, 1.165) is 0 Å². The summed E-state index contributed by atoms with van der Waals surface area (Å²) >= 11 is 0. The molecule has 5 nitrogen and oxygen atoms in total. The van der Waals surface area contributed by atoms with Crippen molar-refractivity contribution in [1.29, 1.82) is 0 Å². The highest BCUT2D eigenvalue weighted by Gasteiger charge is 2.20. The quantitative estimate of drug-likeness (QED) is 0.495. The summed E-state index contributed by atoms with van der Waals surface area (Å²) in [5.41, 5.74) is 0. The minimum atomic E-state index is 0.0538. The molecule has 0 spiro atoms. The summed E-state index contributed by atoms with van der Waals surface area (Å²) in [6.45, 7) is 0. The van der Waals surface area contributed by atoms with Gasteiger partial charge >= 0.3 is 5.88 Å². The second kappa shape index (κ2) is 3.84. The Hall–Kier alpha value is -1.65. The third kappa shape index (κ3) is 1.58. The lowest BCUT2D eigenvalue weighted by Gasteiger charge is -2.09. The minimum Gasteiger partial charge on any atom is -0.616 e. The van der Waals surface area contributed by atoms with Crippen LogP contribution in [0.15, 0.2) is 6.20 Å². The average Bonchev–Trinajstić information content (AvgIpc) is 2.17. The van der Waals surface area contributed by atoms with Crippen LogP contribution in [0.5, 0.6) is 17.4 Å². The molecule has 0 aliphatic heterocycles. The number of nitrogens with zero attached hydrogens (tertiary/aromatic N) is 1. The molecule has 0 aliphatic carbocycles. The Balaban J connectivity index is 3.27. The number of pyridine rings is 1. The fourth-order valence-corrected chi connectivity index (χ4v) is 0.953. The predicted octanol–water partition coefficient (Wildman–Crippen LogP) is 0.146. The molecule has 0 aliphatic rings. The van der Waals surface area contributed by atoms with Crippen LogP contribution in [0.4, 0.5) is 0 Å². The fraction of sp³-hybridized carbons (Fsp3) is 0.375. The van der Waals surface area contributed by atoms with Gasteiger partial charge in [0.25, 0.3) is 5.75 Å². The molecule has 0 saturated carbocycles. The lowest BCUT2D eigenvalue weighted by molar-refractivity contribution is -0.612. The molecular formula is C8H10NO4. The summed E-state index contributed by atoms with van der Waals surface area (Å²) < 4.78 is 15.2. The van der Waals surface area contributed by atoms with Crippen molar-refractivity contribution in [1.82, 2.24) is 0 Å². The Morgan fingerprint density at radius 2 is 1.92 bits per heavy atom. The molecule has 1 radical (unpaired) electrons. The average molecular weight is 184 g/mol. The van der Waals surface area contributed by atoms with E-state index in [0.29, 0.717) is 10.5 Å². The van der Waals surface area contributed by atoms with Crippen molar-refractivity contribution in [2.24, 2.45) is 0 Å². The van der Waals surface area contributed by atoms with Crippen LogP contribution < -0.4 is 18.9 Å². The van der Waals surface area contributed by atoms with Gasteiger partial charge in [-0.3, -0.25) is 0 Å². The van der Waals surface area contributed by atoms with Gasteiger partial charge in [-0.25, -0.2) is 0 Å². The normalized spacial score (nSPS) is 9.46. The Morgan fingerprint density at radius 3 is 2.38 bits per heavy atom.